The van der Waals surface area contributed by atoms with Gasteiger partial charge in [-0.1, -0.05) is 18.2 Å². The van der Waals surface area contributed by atoms with Gasteiger partial charge in [0.2, 0.25) is 10.0 Å². The van der Waals surface area contributed by atoms with Gasteiger partial charge in [-0.25, -0.2) is 13.6 Å². The first-order valence-electron chi connectivity index (χ1n) is 9.23. The maximum Gasteiger partial charge on any atom is 0.270 e. The second kappa shape index (κ2) is 8.76. The van der Waals surface area contributed by atoms with Crippen molar-refractivity contribution in [3.05, 3.63) is 58.1 Å². The van der Waals surface area contributed by atoms with E-state index in [1.54, 1.807) is 7.11 Å². The summed E-state index contributed by atoms with van der Waals surface area (Å²) in [4.78, 5) is 12.4. The summed E-state index contributed by atoms with van der Waals surface area (Å²) >= 11 is 0. The van der Waals surface area contributed by atoms with Gasteiger partial charge < -0.3 is 10.1 Å². The van der Waals surface area contributed by atoms with Gasteiger partial charge in [0.1, 0.15) is 10.6 Å². The molecule has 2 aromatic rings. The Morgan fingerprint density at radius 3 is 2.55 bits per heavy atom. The van der Waals surface area contributed by atoms with Crippen LogP contribution in [0.1, 0.15) is 24.4 Å². The van der Waals surface area contributed by atoms with Crippen molar-refractivity contribution in [3.8, 4) is 5.75 Å². The standard InChI is InChI=1S/C19H24N4O5S/c1-28-18-7-3-2-6-15(18)17(22-10-4-5-11-22)13-21-16-9-8-14(23(24)25)12-19(16)29(20,26)27/h2-3,6-9,12,17,21H,4-5,10-11,13H2,1H3,(H2,20,26,27). The molecule has 1 unspecified atom stereocenters. The zero-order valence-electron chi connectivity index (χ0n) is 16.1. The zero-order valence-corrected chi connectivity index (χ0v) is 16.9. The van der Waals surface area contributed by atoms with Crippen molar-refractivity contribution < 1.29 is 18.1 Å². The lowest BCUT2D eigenvalue weighted by Crippen LogP contribution is -2.31. The summed E-state index contributed by atoms with van der Waals surface area (Å²) in [6.45, 7) is 2.24. The highest BCUT2D eigenvalue weighted by Crippen LogP contribution is 2.33. The van der Waals surface area contributed by atoms with Crippen LogP contribution < -0.4 is 15.2 Å². The Bertz CT molecular complexity index is 990. The molecule has 2 aromatic carbocycles. The van der Waals surface area contributed by atoms with Crippen LogP contribution >= 0.6 is 0 Å². The molecule has 156 valence electrons. The lowest BCUT2D eigenvalue weighted by molar-refractivity contribution is -0.385. The fourth-order valence-electron chi connectivity index (χ4n) is 3.64. The Balaban J connectivity index is 1.93. The number of methoxy groups -OCH3 is 1. The first-order chi connectivity index (χ1) is 13.8. The number of nitro groups is 1. The lowest BCUT2D eigenvalue weighted by Gasteiger charge is -2.30. The maximum atomic E-state index is 12.0. The van der Waals surface area contributed by atoms with Gasteiger partial charge >= 0.3 is 0 Å². The monoisotopic (exact) mass is 420 g/mol. The average molecular weight is 420 g/mol. The molecule has 1 saturated heterocycles. The van der Waals surface area contributed by atoms with Crippen LogP contribution in [0.2, 0.25) is 0 Å². The summed E-state index contributed by atoms with van der Waals surface area (Å²) < 4.78 is 29.5. The molecule has 0 radical (unpaired) electrons. The van der Waals surface area contributed by atoms with Crippen molar-refractivity contribution in [3.63, 3.8) is 0 Å². The van der Waals surface area contributed by atoms with Crippen molar-refractivity contribution in [2.75, 3.05) is 32.1 Å². The molecule has 1 aliphatic heterocycles. The minimum Gasteiger partial charge on any atom is -0.496 e. The molecule has 29 heavy (non-hydrogen) atoms. The summed E-state index contributed by atoms with van der Waals surface area (Å²) in [6.07, 6.45) is 2.18. The second-order valence-corrected chi connectivity index (χ2v) is 8.39. The molecule has 0 bridgehead atoms. The molecule has 0 aliphatic carbocycles. The van der Waals surface area contributed by atoms with Gasteiger partial charge in [-0.05, 0) is 38.1 Å². The highest BCUT2D eigenvalue weighted by Gasteiger charge is 2.27. The molecule has 9 nitrogen and oxygen atoms in total. The van der Waals surface area contributed by atoms with Crippen LogP contribution in [0.4, 0.5) is 11.4 Å². The summed E-state index contributed by atoms with van der Waals surface area (Å²) in [7, 11) is -2.53. The topological polar surface area (TPSA) is 128 Å². The minimum atomic E-state index is -4.14. The van der Waals surface area contributed by atoms with Gasteiger partial charge in [-0.2, -0.15) is 0 Å². The number of nitrogens with two attached hydrogens (primary N) is 1. The largest absolute Gasteiger partial charge is 0.496 e. The number of nitro benzene ring substituents is 1. The van der Waals surface area contributed by atoms with Crippen LogP contribution in [0.5, 0.6) is 5.75 Å². The second-order valence-electron chi connectivity index (χ2n) is 6.86. The third-order valence-corrected chi connectivity index (χ3v) is 6.00. The fourth-order valence-corrected chi connectivity index (χ4v) is 4.38. The predicted octanol–water partition coefficient (Wildman–Crippen LogP) is 2.50. The molecular formula is C19H24N4O5S. The molecule has 3 rings (SSSR count). The van der Waals surface area contributed by atoms with Gasteiger partial charge in [-0.15, -0.1) is 0 Å². The number of anilines is 1. The number of benzene rings is 2. The third-order valence-electron chi connectivity index (χ3n) is 5.05. The van der Waals surface area contributed by atoms with Crippen LogP contribution in [0.25, 0.3) is 0 Å². The summed E-state index contributed by atoms with van der Waals surface area (Å²) in [5, 5.41) is 19.4. The number of non-ortho nitro benzene ring substituents is 1. The van der Waals surface area contributed by atoms with E-state index in [0.29, 0.717) is 6.54 Å². The number of primary sulfonamides is 1. The van der Waals surface area contributed by atoms with E-state index in [4.69, 9.17) is 9.88 Å². The van der Waals surface area contributed by atoms with E-state index in [1.807, 2.05) is 24.3 Å². The number of nitrogens with zero attached hydrogens (tertiary/aromatic N) is 2. The van der Waals surface area contributed by atoms with E-state index >= 15 is 0 Å². The highest BCUT2D eigenvalue weighted by molar-refractivity contribution is 7.89. The summed E-state index contributed by atoms with van der Waals surface area (Å²) in [5.74, 6) is 0.751. The SMILES string of the molecule is COc1ccccc1C(CNc1ccc([N+](=O)[O-])cc1S(N)(=O)=O)N1CCCC1. The van der Waals surface area contributed by atoms with E-state index in [0.717, 1.165) is 43.3 Å². The first-order valence-corrected chi connectivity index (χ1v) is 10.8. The molecular weight excluding hydrogens is 396 g/mol. The number of ether oxygens (including phenoxy) is 1. The maximum absolute atomic E-state index is 12.0. The van der Waals surface area contributed by atoms with Crippen molar-refractivity contribution >= 4 is 21.4 Å². The molecule has 1 aliphatic rings. The average Bonchev–Trinajstić information content (AvgIpc) is 3.22. The highest BCUT2D eigenvalue weighted by atomic mass is 32.2. The van der Waals surface area contributed by atoms with E-state index in [-0.39, 0.29) is 22.3 Å². The molecule has 0 amide bonds. The Labute approximate surface area is 169 Å². The molecule has 1 heterocycles. The normalized spacial score (nSPS) is 15.8. The van der Waals surface area contributed by atoms with Gasteiger partial charge in [0, 0.05) is 24.2 Å². The van der Waals surface area contributed by atoms with Crippen LogP contribution in [0.15, 0.2) is 47.4 Å². The number of hydrogen-bond acceptors (Lipinski definition) is 7. The third kappa shape index (κ3) is 4.84. The molecule has 10 heteroatoms. The van der Waals surface area contributed by atoms with Crippen molar-refractivity contribution in [2.24, 2.45) is 5.14 Å². The van der Waals surface area contributed by atoms with Gasteiger partial charge in [0.05, 0.1) is 23.8 Å². The predicted molar refractivity (Wildman–Crippen MR) is 110 cm³/mol. The smallest absolute Gasteiger partial charge is 0.270 e. The number of sulfonamides is 1. The number of rotatable bonds is 8. The van der Waals surface area contributed by atoms with Gasteiger partial charge in [0.15, 0.2) is 0 Å². The van der Waals surface area contributed by atoms with Crippen LogP contribution in [-0.4, -0.2) is 45.0 Å². The zero-order chi connectivity index (χ0) is 21.0. The lowest BCUT2D eigenvalue weighted by atomic mass is 10.0. The Morgan fingerprint density at radius 1 is 1.24 bits per heavy atom. The number of hydrogen-bond donors (Lipinski definition) is 2. The number of nitrogens with one attached hydrogen (secondary N) is 1. The first kappa shape index (κ1) is 21.0. The van der Waals surface area contributed by atoms with Crippen LogP contribution in [-0.2, 0) is 10.0 Å². The molecule has 1 fully saturated rings. The number of para-hydroxylation sites is 1. The Kier molecular flexibility index (Phi) is 6.36. The molecule has 0 aromatic heterocycles. The fraction of sp³-hybridized carbons (Fsp3) is 0.368. The summed E-state index contributed by atoms with van der Waals surface area (Å²) in [5.41, 5.74) is 0.890. The molecule has 1 atom stereocenters. The summed E-state index contributed by atoms with van der Waals surface area (Å²) in [6, 6.07) is 11.3. The van der Waals surface area contributed by atoms with Crippen LogP contribution in [0, 0.1) is 10.1 Å². The number of likely N-dealkylation sites (tertiary alicyclic amines) is 1. The Morgan fingerprint density at radius 2 is 1.93 bits per heavy atom. The van der Waals surface area contributed by atoms with Crippen molar-refractivity contribution in [2.45, 2.75) is 23.8 Å². The van der Waals surface area contributed by atoms with Gasteiger partial charge in [0.25, 0.3) is 5.69 Å². The van der Waals surface area contributed by atoms with E-state index in [9.17, 15) is 18.5 Å². The Hall–Kier alpha value is -2.69. The van der Waals surface area contributed by atoms with Crippen molar-refractivity contribution in [1.82, 2.24) is 4.90 Å². The molecule has 0 saturated carbocycles. The van der Waals surface area contributed by atoms with Gasteiger partial charge in [-0.3, -0.25) is 15.0 Å². The van der Waals surface area contributed by atoms with E-state index in [2.05, 4.69) is 10.2 Å². The quantitative estimate of drug-likeness (QED) is 0.496. The minimum absolute atomic E-state index is 0.0582. The molecule has 3 N–H and O–H groups in total. The van der Waals surface area contributed by atoms with E-state index < -0.39 is 14.9 Å². The molecule has 0 spiro atoms. The van der Waals surface area contributed by atoms with E-state index in [1.165, 1.54) is 12.1 Å². The van der Waals surface area contributed by atoms with Crippen LogP contribution in [0.3, 0.4) is 0 Å². The van der Waals surface area contributed by atoms with Crippen molar-refractivity contribution in [1.29, 1.82) is 0 Å².